The Kier molecular flexibility index (Phi) is 8.60. The second-order valence-corrected chi connectivity index (χ2v) is 7.41. The van der Waals surface area contributed by atoms with Gasteiger partial charge in [-0.05, 0) is 18.6 Å². The zero-order chi connectivity index (χ0) is 29.5. The van der Waals surface area contributed by atoms with E-state index in [1.165, 1.54) is 31.4 Å². The number of alkyl halides is 17. The molecule has 1 aromatic rings. The third-order valence-corrected chi connectivity index (χ3v) is 4.85. The van der Waals surface area contributed by atoms with Crippen LogP contribution in [0.5, 0.6) is 5.75 Å². The number of halogens is 17. The Balaban J connectivity index is 3.22. The molecule has 0 aliphatic carbocycles. The molecule has 37 heavy (non-hydrogen) atoms. The molecule has 0 aliphatic heterocycles. The zero-order valence-corrected chi connectivity index (χ0v) is 17.8. The maximum atomic E-state index is 13.8. The van der Waals surface area contributed by atoms with Crippen molar-refractivity contribution in [3.05, 3.63) is 24.3 Å². The molecule has 0 unspecified atom stereocenters. The molecule has 0 aromatic heterocycles. The molecular formula is C18H14F17NO. The number of anilines is 1. The Labute approximate surface area is 195 Å². The van der Waals surface area contributed by atoms with E-state index in [2.05, 4.69) is 5.32 Å². The third kappa shape index (κ3) is 5.18. The summed E-state index contributed by atoms with van der Waals surface area (Å²) in [5.74, 6) is -55.9. The summed E-state index contributed by atoms with van der Waals surface area (Å²) in [7, 11) is 1.21. The van der Waals surface area contributed by atoms with E-state index in [1.54, 1.807) is 0 Å². The van der Waals surface area contributed by atoms with E-state index in [0.29, 0.717) is 0 Å². The van der Waals surface area contributed by atoms with Gasteiger partial charge in [0.1, 0.15) is 5.75 Å². The van der Waals surface area contributed by atoms with E-state index >= 15 is 0 Å². The van der Waals surface area contributed by atoms with Crippen molar-refractivity contribution in [1.82, 2.24) is 0 Å². The predicted octanol–water partition coefficient (Wildman–Crippen LogP) is 7.90. The van der Waals surface area contributed by atoms with Gasteiger partial charge in [-0.2, -0.15) is 74.6 Å². The van der Waals surface area contributed by atoms with Gasteiger partial charge in [-0.3, -0.25) is 0 Å². The van der Waals surface area contributed by atoms with Crippen LogP contribution in [0.4, 0.5) is 80.3 Å². The molecule has 216 valence electrons. The highest BCUT2D eigenvalue weighted by Gasteiger charge is 2.95. The van der Waals surface area contributed by atoms with E-state index < -0.39 is 67.0 Å². The van der Waals surface area contributed by atoms with Crippen LogP contribution < -0.4 is 10.1 Å². The molecule has 0 spiro atoms. The summed E-state index contributed by atoms with van der Waals surface area (Å²) < 4.78 is 229. The first-order valence-corrected chi connectivity index (χ1v) is 9.35. The van der Waals surface area contributed by atoms with Crippen LogP contribution in [0, 0.1) is 0 Å². The van der Waals surface area contributed by atoms with Crippen LogP contribution in [0.1, 0.15) is 12.8 Å². The molecule has 1 rings (SSSR count). The summed E-state index contributed by atoms with van der Waals surface area (Å²) >= 11 is 0. The van der Waals surface area contributed by atoms with Crippen molar-refractivity contribution >= 4 is 5.69 Å². The Morgan fingerprint density at radius 2 is 1.05 bits per heavy atom. The summed E-state index contributed by atoms with van der Waals surface area (Å²) in [6, 6.07) is 5.22. The summed E-state index contributed by atoms with van der Waals surface area (Å²) in [6.45, 7) is -0.771. The molecule has 1 aromatic carbocycles. The highest BCUT2D eigenvalue weighted by atomic mass is 19.4. The number of nitrogens with one attached hydrogen (secondary N) is 1. The molecule has 0 atom stereocenters. The molecule has 2 nitrogen and oxygen atoms in total. The molecule has 0 aliphatic rings. The Bertz CT molecular complexity index is 925. The molecule has 0 heterocycles. The number of rotatable bonds is 12. The van der Waals surface area contributed by atoms with Crippen molar-refractivity contribution in [1.29, 1.82) is 0 Å². The molecular weight excluding hydrogens is 569 g/mol. The minimum Gasteiger partial charge on any atom is -0.497 e. The number of hydrogen-bond donors (Lipinski definition) is 1. The van der Waals surface area contributed by atoms with E-state index in [9.17, 15) is 74.6 Å². The fourth-order valence-electron chi connectivity index (χ4n) is 2.63. The van der Waals surface area contributed by atoms with Gasteiger partial charge in [0, 0.05) is 24.7 Å². The largest absolute Gasteiger partial charge is 0.497 e. The van der Waals surface area contributed by atoms with Crippen molar-refractivity contribution in [3.8, 4) is 5.75 Å². The van der Waals surface area contributed by atoms with Crippen molar-refractivity contribution < 1.29 is 79.4 Å². The van der Waals surface area contributed by atoms with E-state index in [0.717, 1.165) is 0 Å². The van der Waals surface area contributed by atoms with Crippen LogP contribution >= 0.6 is 0 Å². The van der Waals surface area contributed by atoms with Crippen molar-refractivity contribution in [2.24, 2.45) is 0 Å². The van der Waals surface area contributed by atoms with Crippen LogP contribution in [0.3, 0.4) is 0 Å². The number of methoxy groups -OCH3 is 1. The minimum absolute atomic E-state index is 0.0822. The Hall–Kier alpha value is -2.37. The number of ether oxygens (including phenoxy) is 1. The van der Waals surface area contributed by atoms with Crippen LogP contribution in [0.25, 0.3) is 0 Å². The lowest BCUT2D eigenvalue weighted by molar-refractivity contribution is -0.461. The normalized spacial score (nSPS) is 15.1. The standard InChI is InChI=1S/C18H14F17NO/c1-37-10-5-2-4-9(8-10)36-7-3-6-11(19,20)12(21,22)13(23,24)14(25,26)15(27,28)16(29,30)17(31,32)18(33,34)35/h2,4-5,8,36H,3,6-7H2,1H3. The van der Waals surface area contributed by atoms with Crippen LogP contribution in [-0.2, 0) is 0 Å². The van der Waals surface area contributed by atoms with Gasteiger partial charge in [-0.1, -0.05) is 6.07 Å². The molecule has 0 saturated heterocycles. The SMILES string of the molecule is COc1cccc(NCCCC(F)(F)C(F)(F)C(F)(F)C(F)(F)C(F)(F)C(F)(F)C(F)(F)C(F)(F)F)c1. The van der Waals surface area contributed by atoms with Crippen molar-refractivity contribution in [2.45, 2.75) is 60.5 Å². The van der Waals surface area contributed by atoms with Crippen molar-refractivity contribution in [2.75, 3.05) is 19.0 Å². The zero-order valence-electron chi connectivity index (χ0n) is 17.8. The van der Waals surface area contributed by atoms with Crippen LogP contribution in [0.15, 0.2) is 24.3 Å². The maximum absolute atomic E-state index is 13.8. The first-order valence-electron chi connectivity index (χ1n) is 9.35. The molecule has 0 amide bonds. The highest BCUT2D eigenvalue weighted by Crippen LogP contribution is 2.64. The molecule has 0 radical (unpaired) electrons. The summed E-state index contributed by atoms with van der Waals surface area (Å²) in [5.41, 5.74) is 0.0822. The smallest absolute Gasteiger partial charge is 0.460 e. The molecule has 0 fully saturated rings. The van der Waals surface area contributed by atoms with Gasteiger partial charge in [-0.15, -0.1) is 0 Å². The average molecular weight is 583 g/mol. The van der Waals surface area contributed by atoms with Crippen LogP contribution in [0.2, 0.25) is 0 Å². The summed E-state index contributed by atoms with van der Waals surface area (Å²) in [5, 5.41) is 2.28. The third-order valence-electron chi connectivity index (χ3n) is 4.85. The van der Waals surface area contributed by atoms with Gasteiger partial charge in [0.15, 0.2) is 0 Å². The van der Waals surface area contributed by atoms with Crippen molar-refractivity contribution in [3.63, 3.8) is 0 Å². The highest BCUT2D eigenvalue weighted by molar-refractivity contribution is 5.48. The fourth-order valence-corrected chi connectivity index (χ4v) is 2.63. The second-order valence-electron chi connectivity index (χ2n) is 7.41. The Morgan fingerprint density at radius 1 is 0.622 bits per heavy atom. The monoisotopic (exact) mass is 583 g/mol. The maximum Gasteiger partial charge on any atom is 0.460 e. The van der Waals surface area contributed by atoms with Gasteiger partial charge in [0.25, 0.3) is 0 Å². The lowest BCUT2D eigenvalue weighted by atomic mass is 9.88. The fraction of sp³-hybridized carbons (Fsp3) is 0.667. The van der Waals surface area contributed by atoms with Gasteiger partial charge >= 0.3 is 47.6 Å². The molecule has 19 heteroatoms. The quantitative estimate of drug-likeness (QED) is 0.200. The average Bonchev–Trinajstić information content (AvgIpc) is 2.75. The Morgan fingerprint density at radius 3 is 1.49 bits per heavy atom. The predicted molar refractivity (Wildman–Crippen MR) is 91.4 cm³/mol. The summed E-state index contributed by atoms with van der Waals surface area (Å²) in [6.07, 6.45) is -11.5. The summed E-state index contributed by atoms with van der Waals surface area (Å²) in [4.78, 5) is 0. The topological polar surface area (TPSA) is 21.3 Å². The van der Waals surface area contributed by atoms with Gasteiger partial charge in [-0.25, -0.2) is 0 Å². The van der Waals surface area contributed by atoms with Crippen LogP contribution in [-0.4, -0.2) is 61.3 Å². The first kappa shape index (κ1) is 32.7. The van der Waals surface area contributed by atoms with Gasteiger partial charge in [0.2, 0.25) is 0 Å². The lowest BCUT2D eigenvalue weighted by Crippen LogP contribution is -2.74. The van der Waals surface area contributed by atoms with Gasteiger partial charge < -0.3 is 10.1 Å². The minimum atomic E-state index is -8.62. The van der Waals surface area contributed by atoms with E-state index in [-0.39, 0.29) is 11.4 Å². The molecule has 1 N–H and O–H groups in total. The van der Waals surface area contributed by atoms with E-state index in [4.69, 9.17) is 4.74 Å². The van der Waals surface area contributed by atoms with Gasteiger partial charge in [0.05, 0.1) is 7.11 Å². The number of hydrogen-bond acceptors (Lipinski definition) is 2. The molecule has 0 bridgehead atoms. The first-order chi connectivity index (χ1) is 16.3. The number of benzene rings is 1. The molecule has 0 saturated carbocycles. The van der Waals surface area contributed by atoms with E-state index in [1.807, 2.05) is 0 Å². The second kappa shape index (κ2) is 9.74. The lowest BCUT2D eigenvalue weighted by Gasteiger charge is -2.42.